The zero-order valence-electron chi connectivity index (χ0n) is 10.5. The van der Waals surface area contributed by atoms with E-state index in [9.17, 15) is 10.0 Å². The summed E-state index contributed by atoms with van der Waals surface area (Å²) >= 11 is 0. The Hall–Kier alpha value is -2.01. The average molecular weight is 249 g/mol. The van der Waals surface area contributed by atoms with Gasteiger partial charge in [-0.3, -0.25) is 5.21 Å². The standard InChI is InChI=1S/C13H15NO4/c1-8-9(2)18-12(14(8)16)10-4-6-11(7-5-10)13(15)17-3/h4-7,12,16H,1-3H3. The lowest BCUT2D eigenvalue weighted by Gasteiger charge is -2.20. The van der Waals surface area contributed by atoms with Crippen molar-refractivity contribution in [3.05, 3.63) is 46.8 Å². The highest BCUT2D eigenvalue weighted by Crippen LogP contribution is 2.34. The van der Waals surface area contributed by atoms with E-state index in [0.717, 1.165) is 10.6 Å². The summed E-state index contributed by atoms with van der Waals surface area (Å²) in [6, 6.07) is 6.74. The summed E-state index contributed by atoms with van der Waals surface area (Å²) in [4.78, 5) is 11.3. The van der Waals surface area contributed by atoms with Gasteiger partial charge in [0.2, 0.25) is 6.23 Å². The third-order valence-corrected chi connectivity index (χ3v) is 2.98. The quantitative estimate of drug-likeness (QED) is 0.816. The van der Waals surface area contributed by atoms with Crippen LogP contribution in [0, 0.1) is 0 Å². The van der Waals surface area contributed by atoms with Crippen LogP contribution in [-0.2, 0) is 9.47 Å². The van der Waals surface area contributed by atoms with E-state index in [4.69, 9.17) is 4.74 Å². The van der Waals surface area contributed by atoms with Crippen molar-refractivity contribution in [1.29, 1.82) is 0 Å². The van der Waals surface area contributed by atoms with E-state index in [1.807, 2.05) is 0 Å². The zero-order valence-corrected chi connectivity index (χ0v) is 10.5. The molecule has 1 aliphatic heterocycles. The summed E-state index contributed by atoms with van der Waals surface area (Å²) in [6.07, 6.45) is -0.559. The van der Waals surface area contributed by atoms with Crippen LogP contribution in [0.1, 0.15) is 36.0 Å². The molecule has 0 bridgehead atoms. The van der Waals surface area contributed by atoms with E-state index in [0.29, 0.717) is 17.0 Å². The Balaban J connectivity index is 2.19. The van der Waals surface area contributed by atoms with E-state index < -0.39 is 6.23 Å². The number of benzene rings is 1. The number of nitrogens with zero attached hydrogens (tertiary/aromatic N) is 1. The van der Waals surface area contributed by atoms with Crippen LogP contribution >= 0.6 is 0 Å². The second-order valence-corrected chi connectivity index (χ2v) is 4.07. The minimum Gasteiger partial charge on any atom is -0.467 e. The Morgan fingerprint density at radius 1 is 1.33 bits per heavy atom. The van der Waals surface area contributed by atoms with Crippen molar-refractivity contribution >= 4 is 5.97 Å². The van der Waals surface area contributed by atoms with Gasteiger partial charge in [-0.25, -0.2) is 9.86 Å². The van der Waals surface area contributed by atoms with Crippen molar-refractivity contribution < 1.29 is 19.5 Å². The molecule has 1 aromatic rings. The highest BCUT2D eigenvalue weighted by molar-refractivity contribution is 5.89. The molecule has 0 fully saturated rings. The molecule has 0 aromatic heterocycles. The summed E-state index contributed by atoms with van der Waals surface area (Å²) < 4.78 is 10.2. The highest BCUT2D eigenvalue weighted by atomic mass is 16.6. The van der Waals surface area contributed by atoms with Crippen molar-refractivity contribution in [3.8, 4) is 0 Å². The van der Waals surface area contributed by atoms with Crippen LogP contribution in [0.4, 0.5) is 0 Å². The van der Waals surface area contributed by atoms with Gasteiger partial charge in [-0.1, -0.05) is 12.1 Å². The molecule has 1 aromatic carbocycles. The number of allylic oxidation sites excluding steroid dienone is 2. The lowest BCUT2D eigenvalue weighted by Crippen LogP contribution is -2.19. The minimum atomic E-state index is -0.559. The molecule has 5 nitrogen and oxygen atoms in total. The Morgan fingerprint density at radius 2 is 1.94 bits per heavy atom. The Kier molecular flexibility index (Phi) is 3.25. The highest BCUT2D eigenvalue weighted by Gasteiger charge is 2.29. The van der Waals surface area contributed by atoms with Crippen molar-refractivity contribution in [2.75, 3.05) is 7.11 Å². The fourth-order valence-corrected chi connectivity index (χ4v) is 1.75. The lowest BCUT2D eigenvalue weighted by atomic mass is 10.1. The minimum absolute atomic E-state index is 0.389. The third kappa shape index (κ3) is 2.04. The van der Waals surface area contributed by atoms with Gasteiger partial charge in [0.05, 0.1) is 18.4 Å². The Morgan fingerprint density at radius 3 is 2.39 bits per heavy atom. The maximum atomic E-state index is 11.3. The number of ether oxygens (including phenoxy) is 2. The number of carbonyl (C=O) groups excluding carboxylic acids is 1. The third-order valence-electron chi connectivity index (χ3n) is 2.98. The first-order valence-corrected chi connectivity index (χ1v) is 5.55. The van der Waals surface area contributed by atoms with Gasteiger partial charge in [0.1, 0.15) is 5.76 Å². The van der Waals surface area contributed by atoms with Crippen LogP contribution in [0.25, 0.3) is 0 Å². The smallest absolute Gasteiger partial charge is 0.337 e. The van der Waals surface area contributed by atoms with Gasteiger partial charge in [0, 0.05) is 5.56 Å². The predicted molar refractivity (Wildman–Crippen MR) is 63.6 cm³/mol. The summed E-state index contributed by atoms with van der Waals surface area (Å²) in [7, 11) is 1.34. The number of esters is 1. The molecular formula is C13H15NO4. The zero-order chi connectivity index (χ0) is 13.3. The van der Waals surface area contributed by atoms with Crippen LogP contribution in [0.5, 0.6) is 0 Å². The molecule has 1 aliphatic rings. The average Bonchev–Trinajstić information content (AvgIpc) is 2.66. The van der Waals surface area contributed by atoms with E-state index in [-0.39, 0.29) is 5.97 Å². The summed E-state index contributed by atoms with van der Waals surface area (Å²) in [5.41, 5.74) is 1.91. The van der Waals surface area contributed by atoms with Crippen LogP contribution < -0.4 is 0 Å². The van der Waals surface area contributed by atoms with Gasteiger partial charge in [0.15, 0.2) is 0 Å². The van der Waals surface area contributed by atoms with E-state index in [2.05, 4.69) is 4.74 Å². The van der Waals surface area contributed by atoms with Gasteiger partial charge >= 0.3 is 5.97 Å². The molecule has 1 heterocycles. The maximum absolute atomic E-state index is 11.3. The molecule has 18 heavy (non-hydrogen) atoms. The molecule has 0 aliphatic carbocycles. The number of carbonyl (C=O) groups is 1. The molecule has 96 valence electrons. The largest absolute Gasteiger partial charge is 0.467 e. The van der Waals surface area contributed by atoms with E-state index in [1.165, 1.54) is 7.11 Å². The molecule has 0 spiro atoms. The number of hydrogen-bond acceptors (Lipinski definition) is 5. The molecule has 0 amide bonds. The Labute approximate surface area is 105 Å². The van der Waals surface area contributed by atoms with Crippen molar-refractivity contribution in [3.63, 3.8) is 0 Å². The molecule has 1 unspecified atom stereocenters. The van der Waals surface area contributed by atoms with Crippen molar-refractivity contribution in [2.24, 2.45) is 0 Å². The van der Waals surface area contributed by atoms with Crippen LogP contribution in [0.2, 0.25) is 0 Å². The predicted octanol–water partition coefficient (Wildman–Crippen LogP) is 2.44. The maximum Gasteiger partial charge on any atom is 0.337 e. The Bertz CT molecular complexity index is 492. The van der Waals surface area contributed by atoms with Crippen LogP contribution in [0.15, 0.2) is 35.7 Å². The fraction of sp³-hybridized carbons (Fsp3) is 0.308. The normalized spacial score (nSPS) is 18.9. The molecular weight excluding hydrogens is 234 g/mol. The first-order valence-electron chi connectivity index (χ1n) is 5.55. The van der Waals surface area contributed by atoms with E-state index in [1.54, 1.807) is 38.1 Å². The van der Waals surface area contributed by atoms with Gasteiger partial charge in [0.25, 0.3) is 0 Å². The SMILES string of the molecule is COC(=O)c1ccc(C2OC(C)=C(C)N2O)cc1. The van der Waals surface area contributed by atoms with Crippen molar-refractivity contribution in [2.45, 2.75) is 20.1 Å². The number of hydroxylamine groups is 2. The van der Waals surface area contributed by atoms with Gasteiger partial charge in [-0.15, -0.1) is 0 Å². The lowest BCUT2D eigenvalue weighted by molar-refractivity contribution is -0.151. The second-order valence-electron chi connectivity index (χ2n) is 4.07. The monoisotopic (exact) mass is 249 g/mol. The van der Waals surface area contributed by atoms with Gasteiger partial charge in [-0.2, -0.15) is 0 Å². The molecule has 0 saturated heterocycles. The fourth-order valence-electron chi connectivity index (χ4n) is 1.75. The topological polar surface area (TPSA) is 59.0 Å². The first kappa shape index (κ1) is 12.4. The second kappa shape index (κ2) is 4.70. The van der Waals surface area contributed by atoms with Crippen molar-refractivity contribution in [1.82, 2.24) is 5.06 Å². The first-order chi connectivity index (χ1) is 8.54. The molecule has 1 atom stereocenters. The summed E-state index contributed by atoms with van der Waals surface area (Å²) in [6.45, 7) is 3.57. The van der Waals surface area contributed by atoms with Crippen LogP contribution in [0.3, 0.4) is 0 Å². The van der Waals surface area contributed by atoms with Crippen LogP contribution in [-0.4, -0.2) is 23.3 Å². The number of rotatable bonds is 2. The van der Waals surface area contributed by atoms with Gasteiger partial charge in [-0.05, 0) is 26.0 Å². The molecule has 1 N–H and O–H groups in total. The number of methoxy groups -OCH3 is 1. The summed E-state index contributed by atoms with van der Waals surface area (Å²) in [5.74, 6) is 0.291. The van der Waals surface area contributed by atoms with Gasteiger partial charge < -0.3 is 9.47 Å². The van der Waals surface area contributed by atoms with E-state index >= 15 is 0 Å². The summed E-state index contributed by atoms with van der Waals surface area (Å²) in [5, 5.41) is 10.9. The number of hydrogen-bond donors (Lipinski definition) is 1. The molecule has 0 radical (unpaired) electrons. The molecule has 0 saturated carbocycles. The molecule has 5 heteroatoms. The molecule has 2 rings (SSSR count).